The van der Waals surface area contributed by atoms with Gasteiger partial charge in [-0.1, -0.05) is 48.6 Å². The molecule has 1 amide bonds. The molecule has 4 aromatic rings. The fourth-order valence-electron chi connectivity index (χ4n) is 4.65. The van der Waals surface area contributed by atoms with Gasteiger partial charge in [0, 0.05) is 5.56 Å². The van der Waals surface area contributed by atoms with Crippen molar-refractivity contribution in [2.75, 3.05) is 12.0 Å². The van der Waals surface area contributed by atoms with E-state index in [2.05, 4.69) is 6.92 Å². The monoisotopic (exact) mass is 498 g/mol. The smallest absolute Gasteiger partial charge is 0.301 e. The number of thiazole rings is 1. The topological polar surface area (TPSA) is 79.7 Å². The number of methoxy groups -OCH3 is 1. The van der Waals surface area contributed by atoms with Crippen molar-refractivity contribution in [3.63, 3.8) is 0 Å². The first-order valence-electron chi connectivity index (χ1n) is 11.7. The number of rotatable bonds is 5. The summed E-state index contributed by atoms with van der Waals surface area (Å²) in [5.41, 5.74) is 5.25. The van der Waals surface area contributed by atoms with E-state index in [0.717, 1.165) is 38.9 Å². The summed E-state index contributed by atoms with van der Waals surface area (Å²) in [7, 11) is 1.56. The molecule has 1 fully saturated rings. The van der Waals surface area contributed by atoms with Crippen LogP contribution < -0.4 is 9.64 Å². The second-order valence-corrected chi connectivity index (χ2v) is 9.93. The number of ketones is 1. The highest BCUT2D eigenvalue weighted by Crippen LogP contribution is 2.44. The largest absolute Gasteiger partial charge is 0.507 e. The van der Waals surface area contributed by atoms with Gasteiger partial charge in [-0.25, -0.2) is 4.98 Å². The minimum Gasteiger partial charge on any atom is -0.507 e. The average molecular weight is 499 g/mol. The maximum atomic E-state index is 13.5. The molecule has 6 nitrogen and oxygen atoms in total. The van der Waals surface area contributed by atoms with E-state index >= 15 is 0 Å². The summed E-state index contributed by atoms with van der Waals surface area (Å²) in [6, 6.07) is 17.8. The van der Waals surface area contributed by atoms with Crippen LogP contribution in [0.4, 0.5) is 5.13 Å². The van der Waals surface area contributed by atoms with Gasteiger partial charge in [0.2, 0.25) is 0 Å². The highest BCUT2D eigenvalue weighted by molar-refractivity contribution is 7.22. The van der Waals surface area contributed by atoms with E-state index in [1.807, 2.05) is 50.2 Å². The molecule has 1 atom stereocenters. The summed E-state index contributed by atoms with van der Waals surface area (Å²) in [4.78, 5) is 33.1. The zero-order valence-electron chi connectivity index (χ0n) is 20.5. The molecule has 0 aliphatic carbocycles. The summed E-state index contributed by atoms with van der Waals surface area (Å²) in [5, 5.41) is 11.7. The van der Waals surface area contributed by atoms with Crippen LogP contribution in [0.1, 0.15) is 40.8 Å². The van der Waals surface area contributed by atoms with Gasteiger partial charge < -0.3 is 9.84 Å². The Balaban J connectivity index is 1.71. The van der Waals surface area contributed by atoms with Crippen molar-refractivity contribution in [2.24, 2.45) is 0 Å². The SMILES string of the molecule is CCc1ccc(C2C(=C(O)c3ccc(OC)cc3)C(=O)C(=O)N2c2nc3c(C)cc(C)cc3s2)cc1. The molecule has 182 valence electrons. The van der Waals surface area contributed by atoms with Gasteiger partial charge in [0.25, 0.3) is 5.78 Å². The van der Waals surface area contributed by atoms with E-state index < -0.39 is 17.7 Å². The van der Waals surface area contributed by atoms with Crippen molar-refractivity contribution in [2.45, 2.75) is 33.2 Å². The Kier molecular flexibility index (Phi) is 6.10. The fraction of sp³-hybridized carbons (Fsp3) is 0.207. The first-order chi connectivity index (χ1) is 17.3. The van der Waals surface area contributed by atoms with Gasteiger partial charge in [-0.3, -0.25) is 14.5 Å². The van der Waals surface area contributed by atoms with Gasteiger partial charge in [0.15, 0.2) is 5.13 Å². The normalized spacial score (nSPS) is 17.2. The molecule has 1 aliphatic heterocycles. The molecule has 0 bridgehead atoms. The third-order valence-corrected chi connectivity index (χ3v) is 7.54. The Bertz CT molecular complexity index is 1520. The van der Waals surface area contributed by atoms with E-state index in [0.29, 0.717) is 16.4 Å². The molecule has 0 spiro atoms. The molecule has 5 rings (SSSR count). The second-order valence-electron chi connectivity index (χ2n) is 8.92. The summed E-state index contributed by atoms with van der Waals surface area (Å²) >= 11 is 1.37. The first-order valence-corrected chi connectivity index (χ1v) is 12.6. The van der Waals surface area contributed by atoms with Crippen LogP contribution in [0.2, 0.25) is 0 Å². The predicted molar refractivity (Wildman–Crippen MR) is 143 cm³/mol. The predicted octanol–water partition coefficient (Wildman–Crippen LogP) is 6.11. The minimum absolute atomic E-state index is 0.0431. The zero-order chi connectivity index (χ0) is 25.6. The molecule has 1 aliphatic rings. The van der Waals surface area contributed by atoms with Gasteiger partial charge in [0.05, 0.1) is 28.9 Å². The van der Waals surface area contributed by atoms with E-state index in [-0.39, 0.29) is 11.3 Å². The number of amides is 1. The van der Waals surface area contributed by atoms with Crippen LogP contribution in [-0.4, -0.2) is 28.9 Å². The molecule has 1 N–H and O–H groups in total. The Hall–Kier alpha value is -3.97. The third kappa shape index (κ3) is 3.95. The van der Waals surface area contributed by atoms with Crippen LogP contribution in [0.3, 0.4) is 0 Å². The number of nitrogens with zero attached hydrogens (tertiary/aromatic N) is 2. The van der Waals surface area contributed by atoms with Gasteiger partial charge in [-0.2, -0.15) is 0 Å². The number of anilines is 1. The van der Waals surface area contributed by atoms with E-state index in [1.54, 1.807) is 31.4 Å². The van der Waals surface area contributed by atoms with Gasteiger partial charge in [0.1, 0.15) is 11.5 Å². The quantitative estimate of drug-likeness (QED) is 0.204. The minimum atomic E-state index is -0.806. The summed E-state index contributed by atoms with van der Waals surface area (Å²) in [6.45, 7) is 6.07. The number of carbonyl (C=O) groups is 2. The number of aliphatic hydroxyl groups excluding tert-OH is 1. The molecule has 36 heavy (non-hydrogen) atoms. The number of Topliss-reactive ketones (excluding diaryl/α,β-unsaturated/α-hetero) is 1. The summed E-state index contributed by atoms with van der Waals surface area (Å²) in [6.07, 6.45) is 0.864. The number of fused-ring (bicyclic) bond motifs is 1. The number of carbonyl (C=O) groups excluding carboxylic acids is 2. The molecule has 7 heteroatoms. The molecule has 0 radical (unpaired) electrons. The number of hydrogen-bond acceptors (Lipinski definition) is 6. The third-order valence-electron chi connectivity index (χ3n) is 6.54. The summed E-state index contributed by atoms with van der Waals surface area (Å²) < 4.78 is 6.16. The molecule has 1 saturated heterocycles. The standard InChI is InChI=1S/C29H26N2O4S/c1-5-18-6-8-19(9-7-18)25-23(26(32)20-10-12-21(35-4)13-11-20)27(33)28(34)31(25)29-30-24-17(3)14-16(2)15-22(24)36-29/h6-15,25,32H,5H2,1-4H3. The molecular formula is C29H26N2O4S. The maximum absolute atomic E-state index is 13.5. The van der Waals surface area contributed by atoms with Gasteiger partial charge in [-0.15, -0.1) is 0 Å². The zero-order valence-corrected chi connectivity index (χ0v) is 21.3. The van der Waals surface area contributed by atoms with Crippen LogP contribution in [0.5, 0.6) is 5.75 Å². The lowest BCUT2D eigenvalue weighted by atomic mass is 9.94. The van der Waals surface area contributed by atoms with Crippen molar-refractivity contribution >= 4 is 44.1 Å². The van der Waals surface area contributed by atoms with E-state index in [1.165, 1.54) is 16.2 Å². The molecule has 0 saturated carbocycles. The number of aromatic nitrogens is 1. The number of ether oxygens (including phenoxy) is 1. The van der Waals surface area contributed by atoms with Crippen molar-refractivity contribution in [3.05, 3.63) is 94.1 Å². The van der Waals surface area contributed by atoms with E-state index in [9.17, 15) is 14.7 Å². The van der Waals surface area contributed by atoms with Crippen LogP contribution in [-0.2, 0) is 16.0 Å². The fourth-order valence-corrected chi connectivity index (χ4v) is 5.82. The maximum Gasteiger partial charge on any atom is 0.301 e. The van der Waals surface area contributed by atoms with Gasteiger partial charge in [-0.05, 0) is 72.9 Å². The van der Waals surface area contributed by atoms with Crippen molar-refractivity contribution in [1.82, 2.24) is 4.98 Å². The molecular weight excluding hydrogens is 472 g/mol. The lowest BCUT2D eigenvalue weighted by molar-refractivity contribution is -0.132. The second kappa shape index (κ2) is 9.24. The number of aliphatic hydroxyl groups is 1. The lowest BCUT2D eigenvalue weighted by Crippen LogP contribution is -2.29. The number of hydrogen-bond donors (Lipinski definition) is 1. The average Bonchev–Trinajstić information content (AvgIpc) is 3.42. The first kappa shape index (κ1) is 23.8. The Labute approximate surface area is 213 Å². The molecule has 3 aromatic carbocycles. The van der Waals surface area contributed by atoms with Crippen LogP contribution in [0.15, 0.2) is 66.2 Å². The summed E-state index contributed by atoms with van der Waals surface area (Å²) in [5.74, 6) is -1.04. The van der Waals surface area contributed by atoms with Crippen molar-refractivity contribution in [3.8, 4) is 5.75 Å². The Morgan fingerprint density at radius 2 is 1.75 bits per heavy atom. The Morgan fingerprint density at radius 1 is 1.06 bits per heavy atom. The van der Waals surface area contributed by atoms with Crippen LogP contribution in [0.25, 0.3) is 16.0 Å². The lowest BCUT2D eigenvalue weighted by Gasteiger charge is -2.23. The van der Waals surface area contributed by atoms with Crippen molar-refractivity contribution < 1.29 is 19.4 Å². The highest BCUT2D eigenvalue weighted by Gasteiger charge is 2.48. The number of aryl methyl sites for hydroxylation is 3. The van der Waals surface area contributed by atoms with Crippen molar-refractivity contribution in [1.29, 1.82) is 0 Å². The van der Waals surface area contributed by atoms with E-state index in [4.69, 9.17) is 9.72 Å². The molecule has 2 heterocycles. The Morgan fingerprint density at radius 3 is 2.39 bits per heavy atom. The molecule has 1 aromatic heterocycles. The number of benzene rings is 3. The highest BCUT2D eigenvalue weighted by atomic mass is 32.1. The molecule has 1 unspecified atom stereocenters. The van der Waals surface area contributed by atoms with Gasteiger partial charge >= 0.3 is 5.91 Å². The van der Waals surface area contributed by atoms with Crippen LogP contribution in [0, 0.1) is 13.8 Å². The van der Waals surface area contributed by atoms with Crippen LogP contribution >= 0.6 is 11.3 Å².